The van der Waals surface area contributed by atoms with Gasteiger partial charge in [-0.2, -0.15) is 0 Å². The van der Waals surface area contributed by atoms with Crippen molar-refractivity contribution in [2.24, 2.45) is 4.99 Å². The normalized spacial score (nSPS) is 11.2. The highest BCUT2D eigenvalue weighted by molar-refractivity contribution is 14.0. The van der Waals surface area contributed by atoms with Crippen LogP contribution in [0.25, 0.3) is 0 Å². The van der Waals surface area contributed by atoms with Crippen molar-refractivity contribution in [2.45, 2.75) is 26.6 Å². The van der Waals surface area contributed by atoms with Gasteiger partial charge in [-0.1, -0.05) is 48.0 Å². The second kappa shape index (κ2) is 12.1. The van der Waals surface area contributed by atoms with E-state index >= 15 is 0 Å². The highest BCUT2D eigenvalue weighted by Gasteiger charge is 2.04. The summed E-state index contributed by atoms with van der Waals surface area (Å²) in [5, 5.41) is 7.47. The molecule has 0 spiro atoms. The van der Waals surface area contributed by atoms with Crippen LogP contribution in [0, 0.1) is 0 Å². The standard InChI is InChI=1S/C20H27ClN4.HI/c1-4-22-20(23-13-16-9-11-19(21)12-10-16)24-14-17-7-5-6-8-18(17)15-25(2)3;/h5-12H,4,13-15H2,1-3H3,(H2,22,23,24);1H. The molecule has 0 amide bonds. The van der Waals surface area contributed by atoms with Crippen molar-refractivity contribution in [1.82, 2.24) is 15.5 Å². The zero-order valence-electron chi connectivity index (χ0n) is 15.6. The highest BCUT2D eigenvalue weighted by atomic mass is 127. The minimum Gasteiger partial charge on any atom is -0.357 e. The minimum absolute atomic E-state index is 0. The molecule has 0 fully saturated rings. The van der Waals surface area contributed by atoms with E-state index in [1.807, 2.05) is 24.3 Å². The van der Waals surface area contributed by atoms with Crippen LogP contribution in [-0.4, -0.2) is 31.5 Å². The van der Waals surface area contributed by atoms with E-state index in [0.29, 0.717) is 6.54 Å². The Morgan fingerprint density at radius 1 is 1.00 bits per heavy atom. The lowest BCUT2D eigenvalue weighted by molar-refractivity contribution is 0.400. The van der Waals surface area contributed by atoms with Gasteiger partial charge in [0, 0.05) is 24.7 Å². The van der Waals surface area contributed by atoms with Crippen molar-refractivity contribution in [3.63, 3.8) is 0 Å². The predicted octanol–water partition coefficient (Wildman–Crippen LogP) is 4.27. The maximum atomic E-state index is 5.93. The summed E-state index contributed by atoms with van der Waals surface area (Å²) in [7, 11) is 4.17. The Bertz CT molecular complexity index is 686. The number of aliphatic imine (C=N–C) groups is 1. The van der Waals surface area contributed by atoms with Gasteiger partial charge in [0.15, 0.2) is 5.96 Å². The van der Waals surface area contributed by atoms with E-state index in [9.17, 15) is 0 Å². The monoisotopic (exact) mass is 486 g/mol. The molecule has 2 aromatic rings. The van der Waals surface area contributed by atoms with Gasteiger partial charge in [-0.25, -0.2) is 4.99 Å². The molecule has 0 radical (unpaired) electrons. The smallest absolute Gasteiger partial charge is 0.191 e. The number of halogens is 2. The molecule has 2 aromatic carbocycles. The van der Waals surface area contributed by atoms with Crippen molar-refractivity contribution in [3.8, 4) is 0 Å². The molecule has 0 aliphatic carbocycles. The summed E-state index contributed by atoms with van der Waals surface area (Å²) in [6, 6.07) is 16.3. The molecule has 0 aliphatic heterocycles. The third kappa shape index (κ3) is 7.93. The first-order valence-corrected chi connectivity index (χ1v) is 8.94. The van der Waals surface area contributed by atoms with E-state index in [2.05, 4.69) is 65.8 Å². The molecular formula is C20H28ClIN4. The van der Waals surface area contributed by atoms with Gasteiger partial charge in [0.1, 0.15) is 0 Å². The summed E-state index contributed by atoms with van der Waals surface area (Å²) in [5.41, 5.74) is 3.75. The molecule has 0 heterocycles. The lowest BCUT2D eigenvalue weighted by atomic mass is 10.1. The van der Waals surface area contributed by atoms with Gasteiger partial charge in [0.05, 0.1) is 6.54 Å². The minimum atomic E-state index is 0. The zero-order chi connectivity index (χ0) is 18.1. The number of nitrogens with zero attached hydrogens (tertiary/aromatic N) is 2. The predicted molar refractivity (Wildman–Crippen MR) is 122 cm³/mol. The molecule has 0 unspecified atom stereocenters. The van der Waals surface area contributed by atoms with Gasteiger partial charge in [-0.05, 0) is 49.8 Å². The molecule has 0 aliphatic rings. The molecule has 0 atom stereocenters. The lowest BCUT2D eigenvalue weighted by Gasteiger charge is -2.16. The second-order valence-corrected chi connectivity index (χ2v) is 6.62. The molecule has 26 heavy (non-hydrogen) atoms. The first-order chi connectivity index (χ1) is 12.1. The van der Waals surface area contributed by atoms with Gasteiger partial charge in [0.25, 0.3) is 0 Å². The van der Waals surface area contributed by atoms with E-state index < -0.39 is 0 Å². The maximum Gasteiger partial charge on any atom is 0.191 e. The molecule has 2 rings (SSSR count). The highest BCUT2D eigenvalue weighted by Crippen LogP contribution is 2.11. The Labute approximate surface area is 179 Å². The van der Waals surface area contributed by atoms with Crippen LogP contribution in [0.2, 0.25) is 5.02 Å². The van der Waals surface area contributed by atoms with Gasteiger partial charge in [-0.15, -0.1) is 24.0 Å². The Morgan fingerprint density at radius 3 is 2.27 bits per heavy atom. The summed E-state index contributed by atoms with van der Waals surface area (Å²) in [6.07, 6.45) is 0. The number of hydrogen-bond acceptors (Lipinski definition) is 2. The van der Waals surface area contributed by atoms with E-state index in [1.54, 1.807) is 0 Å². The van der Waals surface area contributed by atoms with Crippen molar-refractivity contribution in [1.29, 1.82) is 0 Å². The summed E-state index contributed by atoms with van der Waals surface area (Å²) >= 11 is 5.93. The Morgan fingerprint density at radius 2 is 1.65 bits per heavy atom. The molecular weight excluding hydrogens is 459 g/mol. The van der Waals surface area contributed by atoms with E-state index in [0.717, 1.165) is 36.2 Å². The molecule has 4 nitrogen and oxygen atoms in total. The maximum absolute atomic E-state index is 5.93. The van der Waals surface area contributed by atoms with Crippen LogP contribution in [-0.2, 0) is 19.6 Å². The first-order valence-electron chi connectivity index (χ1n) is 8.56. The summed E-state index contributed by atoms with van der Waals surface area (Å²) in [5.74, 6) is 0.817. The summed E-state index contributed by atoms with van der Waals surface area (Å²) in [6.45, 7) is 5.18. The topological polar surface area (TPSA) is 39.7 Å². The Balaban J connectivity index is 0.00000338. The molecule has 6 heteroatoms. The van der Waals surface area contributed by atoms with Gasteiger partial charge in [-0.3, -0.25) is 0 Å². The van der Waals surface area contributed by atoms with Crippen molar-refractivity contribution < 1.29 is 0 Å². The molecule has 0 saturated carbocycles. The summed E-state index contributed by atoms with van der Waals surface area (Å²) in [4.78, 5) is 6.84. The summed E-state index contributed by atoms with van der Waals surface area (Å²) < 4.78 is 0. The van der Waals surface area contributed by atoms with Gasteiger partial charge in [0.2, 0.25) is 0 Å². The number of nitrogens with one attached hydrogen (secondary N) is 2. The SMILES string of the molecule is CCNC(=NCc1ccc(Cl)cc1)NCc1ccccc1CN(C)C.I. The van der Waals surface area contributed by atoms with Crippen molar-refractivity contribution >= 4 is 41.5 Å². The third-order valence-electron chi connectivity index (χ3n) is 3.73. The average molecular weight is 487 g/mol. The Kier molecular flexibility index (Phi) is 10.6. The van der Waals surface area contributed by atoms with Crippen molar-refractivity contribution in [3.05, 3.63) is 70.2 Å². The second-order valence-electron chi connectivity index (χ2n) is 6.18. The molecule has 2 N–H and O–H groups in total. The number of benzene rings is 2. The van der Waals surface area contributed by atoms with E-state index in [-0.39, 0.29) is 24.0 Å². The number of rotatable bonds is 7. The van der Waals surface area contributed by atoms with Crippen LogP contribution in [0.5, 0.6) is 0 Å². The van der Waals surface area contributed by atoms with Crippen LogP contribution < -0.4 is 10.6 Å². The van der Waals surface area contributed by atoms with Gasteiger partial charge < -0.3 is 15.5 Å². The third-order valence-corrected chi connectivity index (χ3v) is 3.98. The Hall–Kier alpha value is -1.31. The molecule has 0 saturated heterocycles. The fraction of sp³-hybridized carbons (Fsp3) is 0.350. The van der Waals surface area contributed by atoms with Crippen LogP contribution in [0.1, 0.15) is 23.6 Å². The largest absolute Gasteiger partial charge is 0.357 e. The first kappa shape index (κ1) is 22.7. The van der Waals surface area contributed by atoms with E-state index in [4.69, 9.17) is 11.6 Å². The van der Waals surface area contributed by atoms with Crippen LogP contribution >= 0.6 is 35.6 Å². The zero-order valence-corrected chi connectivity index (χ0v) is 18.7. The average Bonchev–Trinajstić information content (AvgIpc) is 2.59. The molecule has 0 aromatic heterocycles. The van der Waals surface area contributed by atoms with E-state index in [1.165, 1.54) is 11.1 Å². The number of guanidine groups is 1. The molecule has 142 valence electrons. The molecule has 0 bridgehead atoms. The fourth-order valence-electron chi connectivity index (χ4n) is 2.51. The van der Waals surface area contributed by atoms with Crippen LogP contribution in [0.4, 0.5) is 0 Å². The lowest BCUT2D eigenvalue weighted by Crippen LogP contribution is -2.37. The van der Waals surface area contributed by atoms with Gasteiger partial charge >= 0.3 is 0 Å². The number of hydrogen-bond donors (Lipinski definition) is 2. The fourth-order valence-corrected chi connectivity index (χ4v) is 2.63. The quantitative estimate of drug-likeness (QED) is 0.349. The van der Waals surface area contributed by atoms with Crippen LogP contribution in [0.15, 0.2) is 53.5 Å². The van der Waals surface area contributed by atoms with Crippen LogP contribution in [0.3, 0.4) is 0 Å². The van der Waals surface area contributed by atoms with Crippen molar-refractivity contribution in [2.75, 3.05) is 20.6 Å².